The molecule has 0 bridgehead atoms. The van der Waals surface area contributed by atoms with Gasteiger partial charge in [0.05, 0.1) is 6.54 Å². The van der Waals surface area contributed by atoms with Crippen LogP contribution in [0.4, 0.5) is 5.69 Å². The number of nitrogens with zero attached hydrogens (tertiary/aromatic N) is 3. The van der Waals surface area contributed by atoms with Crippen LogP contribution in [0.5, 0.6) is 0 Å². The second kappa shape index (κ2) is 7.27. The number of benzene rings is 1. The third-order valence-electron chi connectivity index (χ3n) is 5.59. The Morgan fingerprint density at radius 1 is 1.04 bits per heavy atom. The third kappa shape index (κ3) is 3.70. The van der Waals surface area contributed by atoms with Crippen molar-refractivity contribution in [1.82, 2.24) is 9.80 Å². The zero-order valence-corrected chi connectivity index (χ0v) is 16.0. The van der Waals surface area contributed by atoms with E-state index in [9.17, 15) is 14.7 Å². The van der Waals surface area contributed by atoms with Crippen molar-refractivity contribution in [3.05, 3.63) is 29.3 Å². The van der Waals surface area contributed by atoms with Crippen molar-refractivity contribution in [2.75, 3.05) is 44.2 Å². The Hall–Kier alpha value is -2.08. The monoisotopic (exact) mass is 359 g/mol. The third-order valence-corrected chi connectivity index (χ3v) is 5.59. The first-order valence-corrected chi connectivity index (χ1v) is 9.40. The standard InChI is InChI=1S/C20H29N3O3/c1-15-5-6-16(2)18(13-15)21-9-11-22(12-10-21)19(25)20(26)7-4-8-23(14-20)17(3)24/h5-6,13,26H,4,7-12,14H2,1-3H3/t20-/m1/s1. The highest BCUT2D eigenvalue weighted by Gasteiger charge is 2.44. The Morgan fingerprint density at radius 3 is 2.38 bits per heavy atom. The summed E-state index contributed by atoms with van der Waals surface area (Å²) in [6.45, 7) is 9.09. The molecule has 1 N–H and O–H groups in total. The summed E-state index contributed by atoms with van der Waals surface area (Å²) < 4.78 is 0. The molecule has 3 rings (SSSR count). The van der Waals surface area contributed by atoms with Gasteiger partial charge in [0.2, 0.25) is 5.91 Å². The molecule has 2 aliphatic rings. The van der Waals surface area contributed by atoms with Gasteiger partial charge in [0.15, 0.2) is 5.60 Å². The predicted molar refractivity (Wildman–Crippen MR) is 101 cm³/mol. The average Bonchev–Trinajstić information content (AvgIpc) is 2.63. The van der Waals surface area contributed by atoms with Crippen LogP contribution in [0, 0.1) is 13.8 Å². The number of aryl methyl sites for hydroxylation is 2. The Kier molecular flexibility index (Phi) is 5.23. The molecular weight excluding hydrogens is 330 g/mol. The second-order valence-corrected chi connectivity index (χ2v) is 7.64. The van der Waals surface area contributed by atoms with Crippen LogP contribution in [0.15, 0.2) is 18.2 Å². The fourth-order valence-electron chi connectivity index (χ4n) is 3.98. The normalized spacial score (nSPS) is 23.9. The lowest BCUT2D eigenvalue weighted by molar-refractivity contribution is -0.160. The van der Waals surface area contributed by atoms with E-state index >= 15 is 0 Å². The van der Waals surface area contributed by atoms with Crippen molar-refractivity contribution < 1.29 is 14.7 Å². The Bertz CT molecular complexity index is 698. The van der Waals surface area contributed by atoms with E-state index in [1.165, 1.54) is 23.7 Å². The second-order valence-electron chi connectivity index (χ2n) is 7.64. The van der Waals surface area contributed by atoms with Crippen molar-refractivity contribution in [1.29, 1.82) is 0 Å². The van der Waals surface area contributed by atoms with E-state index in [4.69, 9.17) is 0 Å². The summed E-state index contributed by atoms with van der Waals surface area (Å²) >= 11 is 0. The smallest absolute Gasteiger partial charge is 0.256 e. The highest BCUT2D eigenvalue weighted by molar-refractivity contribution is 5.86. The number of carbonyl (C=O) groups excluding carboxylic acids is 2. The molecular formula is C20H29N3O3. The highest BCUT2D eigenvalue weighted by atomic mass is 16.3. The first kappa shape index (κ1) is 18.7. The molecule has 0 saturated carbocycles. The number of piperazine rings is 1. The van der Waals surface area contributed by atoms with Crippen molar-refractivity contribution in [3.8, 4) is 0 Å². The SMILES string of the molecule is CC(=O)N1CCC[C@](O)(C(=O)N2CCN(c3cc(C)ccc3C)CC2)C1. The van der Waals surface area contributed by atoms with E-state index in [0.717, 1.165) is 13.1 Å². The van der Waals surface area contributed by atoms with E-state index in [1.54, 1.807) is 9.80 Å². The number of β-amino-alcohol motifs (C(OH)–C–C–N with tert-alkyl or cyclic N) is 1. The lowest BCUT2D eigenvalue weighted by atomic mass is 9.91. The summed E-state index contributed by atoms with van der Waals surface area (Å²) in [6, 6.07) is 6.42. The molecule has 2 aliphatic heterocycles. The van der Waals surface area contributed by atoms with Crippen molar-refractivity contribution in [2.45, 2.75) is 39.2 Å². The lowest BCUT2D eigenvalue weighted by Gasteiger charge is -2.43. The van der Waals surface area contributed by atoms with Gasteiger partial charge < -0.3 is 19.8 Å². The Labute approximate surface area is 155 Å². The van der Waals surface area contributed by atoms with E-state index in [0.29, 0.717) is 32.5 Å². The van der Waals surface area contributed by atoms with Gasteiger partial charge in [-0.2, -0.15) is 0 Å². The van der Waals surface area contributed by atoms with Gasteiger partial charge >= 0.3 is 0 Å². The topological polar surface area (TPSA) is 64.1 Å². The number of piperidine rings is 1. The number of aliphatic hydroxyl groups is 1. The molecule has 1 atom stereocenters. The van der Waals surface area contributed by atoms with E-state index in [1.807, 2.05) is 0 Å². The molecule has 0 radical (unpaired) electrons. The van der Waals surface area contributed by atoms with Gasteiger partial charge in [0, 0.05) is 45.3 Å². The molecule has 1 aromatic rings. The number of hydrogen-bond donors (Lipinski definition) is 1. The first-order chi connectivity index (χ1) is 12.3. The maximum atomic E-state index is 12.9. The summed E-state index contributed by atoms with van der Waals surface area (Å²) in [4.78, 5) is 30.2. The van der Waals surface area contributed by atoms with E-state index in [2.05, 4.69) is 36.9 Å². The summed E-state index contributed by atoms with van der Waals surface area (Å²) in [5, 5.41) is 10.9. The van der Waals surface area contributed by atoms with E-state index in [-0.39, 0.29) is 18.4 Å². The summed E-state index contributed by atoms with van der Waals surface area (Å²) in [6.07, 6.45) is 1.08. The molecule has 2 amide bonds. The van der Waals surface area contributed by atoms with Crippen LogP contribution in [0.25, 0.3) is 0 Å². The quantitative estimate of drug-likeness (QED) is 0.865. The lowest BCUT2D eigenvalue weighted by Crippen LogP contribution is -2.61. The van der Waals surface area contributed by atoms with Crippen molar-refractivity contribution >= 4 is 17.5 Å². The fraction of sp³-hybridized carbons (Fsp3) is 0.600. The molecule has 2 heterocycles. The number of anilines is 1. The van der Waals surface area contributed by atoms with Gasteiger partial charge in [-0.25, -0.2) is 0 Å². The zero-order valence-electron chi connectivity index (χ0n) is 16.0. The summed E-state index contributed by atoms with van der Waals surface area (Å²) in [5.74, 6) is -0.320. The van der Waals surface area contributed by atoms with Crippen LogP contribution in [0.2, 0.25) is 0 Å². The van der Waals surface area contributed by atoms with E-state index < -0.39 is 5.60 Å². The number of rotatable bonds is 2. The van der Waals surface area contributed by atoms with Gasteiger partial charge in [0.25, 0.3) is 5.91 Å². The van der Waals surface area contributed by atoms with Crippen molar-refractivity contribution in [2.24, 2.45) is 0 Å². The Balaban J connectivity index is 1.65. The number of hydrogen-bond acceptors (Lipinski definition) is 4. The molecule has 1 aromatic carbocycles. The maximum Gasteiger partial charge on any atom is 0.256 e. The minimum atomic E-state index is -1.44. The minimum absolute atomic E-state index is 0.0873. The molecule has 2 saturated heterocycles. The van der Waals surface area contributed by atoms with Gasteiger partial charge in [-0.15, -0.1) is 0 Å². The molecule has 0 aromatic heterocycles. The largest absolute Gasteiger partial charge is 0.378 e. The highest BCUT2D eigenvalue weighted by Crippen LogP contribution is 2.26. The molecule has 0 aliphatic carbocycles. The van der Waals surface area contributed by atoms with Crippen LogP contribution >= 0.6 is 0 Å². The minimum Gasteiger partial charge on any atom is -0.378 e. The van der Waals surface area contributed by atoms with Crippen LogP contribution in [0.3, 0.4) is 0 Å². The van der Waals surface area contributed by atoms with Gasteiger partial charge in [-0.3, -0.25) is 9.59 Å². The molecule has 6 nitrogen and oxygen atoms in total. The van der Waals surface area contributed by atoms with Crippen LogP contribution < -0.4 is 4.90 Å². The fourth-order valence-corrected chi connectivity index (χ4v) is 3.98. The average molecular weight is 359 g/mol. The summed E-state index contributed by atoms with van der Waals surface area (Å²) in [7, 11) is 0. The molecule has 0 spiro atoms. The van der Waals surface area contributed by atoms with Crippen LogP contribution in [0.1, 0.15) is 30.9 Å². The van der Waals surface area contributed by atoms with Crippen LogP contribution in [-0.2, 0) is 9.59 Å². The maximum absolute atomic E-state index is 12.9. The first-order valence-electron chi connectivity index (χ1n) is 9.40. The zero-order chi connectivity index (χ0) is 18.9. The predicted octanol–water partition coefficient (Wildman–Crippen LogP) is 1.33. The Morgan fingerprint density at radius 2 is 1.73 bits per heavy atom. The van der Waals surface area contributed by atoms with Crippen molar-refractivity contribution in [3.63, 3.8) is 0 Å². The van der Waals surface area contributed by atoms with Gasteiger partial charge in [0.1, 0.15) is 0 Å². The number of likely N-dealkylation sites (tertiary alicyclic amines) is 1. The molecule has 0 unspecified atom stereocenters. The number of amides is 2. The molecule has 6 heteroatoms. The number of carbonyl (C=O) groups is 2. The van der Waals surface area contributed by atoms with Crippen LogP contribution in [-0.4, -0.2) is 71.6 Å². The van der Waals surface area contributed by atoms with Gasteiger partial charge in [-0.1, -0.05) is 12.1 Å². The summed E-state index contributed by atoms with van der Waals surface area (Å²) in [5.41, 5.74) is 2.24. The van der Waals surface area contributed by atoms with Gasteiger partial charge in [-0.05, 0) is 43.9 Å². The molecule has 142 valence electrons. The molecule has 26 heavy (non-hydrogen) atoms. The molecule has 2 fully saturated rings.